The van der Waals surface area contributed by atoms with Gasteiger partial charge in [0.2, 0.25) is 5.95 Å². The van der Waals surface area contributed by atoms with E-state index in [4.69, 9.17) is 4.74 Å². The van der Waals surface area contributed by atoms with Gasteiger partial charge in [0.15, 0.2) is 0 Å². The average Bonchev–Trinajstić information content (AvgIpc) is 3.39. The molecule has 0 saturated heterocycles. The van der Waals surface area contributed by atoms with Gasteiger partial charge in [0.05, 0.1) is 6.10 Å². The fourth-order valence-corrected chi connectivity index (χ4v) is 5.20. The number of hydrogen-bond donors (Lipinski definition) is 2. The van der Waals surface area contributed by atoms with E-state index in [-0.39, 0.29) is 17.9 Å². The number of anilines is 4. The summed E-state index contributed by atoms with van der Waals surface area (Å²) in [4.78, 5) is 8.18. The van der Waals surface area contributed by atoms with E-state index in [1.165, 1.54) is 19.3 Å². The summed E-state index contributed by atoms with van der Waals surface area (Å²) in [5, 5.41) is 6.01. The molecule has 0 aliphatic heterocycles. The smallest absolute Gasteiger partial charge is 0.421 e. The predicted octanol–water partition coefficient (Wildman–Crippen LogP) is 8.35. The molecule has 1 heterocycles. The monoisotopic (exact) mass is 496 g/mol. The second kappa shape index (κ2) is 10.8. The summed E-state index contributed by atoms with van der Waals surface area (Å²) >= 11 is 0. The highest BCUT2D eigenvalue weighted by Crippen LogP contribution is 2.40. The molecule has 1 aromatic heterocycles. The van der Waals surface area contributed by atoms with Gasteiger partial charge in [-0.2, -0.15) is 18.2 Å². The van der Waals surface area contributed by atoms with Gasteiger partial charge in [0.1, 0.15) is 17.1 Å². The van der Waals surface area contributed by atoms with Crippen molar-refractivity contribution in [1.82, 2.24) is 9.97 Å². The zero-order valence-corrected chi connectivity index (χ0v) is 20.2. The number of aromatic nitrogens is 2. The lowest BCUT2D eigenvalue weighted by atomic mass is 9.83. The summed E-state index contributed by atoms with van der Waals surface area (Å²) in [6, 6.07) is 14.9. The molecule has 0 bridgehead atoms. The molecule has 8 heteroatoms. The van der Waals surface area contributed by atoms with Crippen LogP contribution in [0.3, 0.4) is 0 Å². The average molecular weight is 497 g/mol. The molecule has 0 radical (unpaired) electrons. The van der Waals surface area contributed by atoms with Crippen LogP contribution in [-0.4, -0.2) is 16.1 Å². The quantitative estimate of drug-likeness (QED) is 0.344. The second-order valence-electron chi connectivity index (χ2n) is 9.67. The van der Waals surface area contributed by atoms with Crippen molar-refractivity contribution in [3.05, 3.63) is 65.9 Å². The van der Waals surface area contributed by atoms with Gasteiger partial charge in [-0.05, 0) is 80.3 Å². The van der Waals surface area contributed by atoms with Crippen molar-refractivity contribution in [2.45, 2.75) is 76.0 Å². The fourth-order valence-electron chi connectivity index (χ4n) is 5.20. The van der Waals surface area contributed by atoms with Crippen molar-refractivity contribution in [3.8, 4) is 5.75 Å². The molecule has 0 spiro atoms. The van der Waals surface area contributed by atoms with Gasteiger partial charge >= 0.3 is 6.18 Å². The predicted molar refractivity (Wildman–Crippen MR) is 135 cm³/mol. The van der Waals surface area contributed by atoms with Crippen LogP contribution in [0.5, 0.6) is 5.75 Å². The molecule has 2 saturated carbocycles. The second-order valence-corrected chi connectivity index (χ2v) is 9.67. The summed E-state index contributed by atoms with van der Waals surface area (Å²) in [7, 11) is 0. The summed E-state index contributed by atoms with van der Waals surface area (Å²) in [5.74, 6) is 0.943. The Labute approximate surface area is 209 Å². The maximum Gasteiger partial charge on any atom is 0.421 e. The van der Waals surface area contributed by atoms with E-state index in [0.29, 0.717) is 17.3 Å². The Bertz CT molecular complexity index is 1150. The summed E-state index contributed by atoms with van der Waals surface area (Å²) in [6.07, 6.45) is 6.59. The van der Waals surface area contributed by atoms with Crippen LogP contribution in [0, 0.1) is 0 Å². The van der Waals surface area contributed by atoms with Crippen molar-refractivity contribution < 1.29 is 17.9 Å². The number of halogens is 3. The summed E-state index contributed by atoms with van der Waals surface area (Å²) < 4.78 is 47.5. The first-order chi connectivity index (χ1) is 17.5. The number of nitrogens with one attached hydrogen (secondary N) is 2. The highest BCUT2D eigenvalue weighted by molar-refractivity contribution is 5.66. The first kappa shape index (κ1) is 24.4. The molecule has 190 valence electrons. The first-order valence-corrected chi connectivity index (χ1v) is 12.8. The minimum atomic E-state index is -4.58. The highest BCUT2D eigenvalue weighted by atomic mass is 19.4. The van der Waals surface area contributed by atoms with Crippen LogP contribution in [0.15, 0.2) is 54.7 Å². The molecule has 2 aliphatic carbocycles. The molecule has 36 heavy (non-hydrogen) atoms. The zero-order valence-electron chi connectivity index (χ0n) is 20.2. The van der Waals surface area contributed by atoms with Crippen molar-refractivity contribution in [1.29, 1.82) is 0 Å². The van der Waals surface area contributed by atoms with Gasteiger partial charge in [-0.1, -0.05) is 37.5 Å². The summed E-state index contributed by atoms with van der Waals surface area (Å²) in [5.41, 5.74) is 1.47. The van der Waals surface area contributed by atoms with Crippen LogP contribution >= 0.6 is 0 Å². The Balaban J connectivity index is 1.37. The van der Waals surface area contributed by atoms with Crippen molar-refractivity contribution in [2.24, 2.45) is 0 Å². The normalized spacial score (nSPS) is 17.2. The number of para-hydroxylation sites is 1. The Hall–Kier alpha value is -3.29. The van der Waals surface area contributed by atoms with Gasteiger partial charge in [0, 0.05) is 17.6 Å². The number of benzene rings is 2. The number of nitrogens with zero attached hydrogens (tertiary/aromatic N) is 2. The third-order valence-corrected chi connectivity index (χ3v) is 7.07. The molecule has 2 N–H and O–H groups in total. The fraction of sp³-hybridized carbons (Fsp3) is 0.429. The first-order valence-electron chi connectivity index (χ1n) is 12.8. The van der Waals surface area contributed by atoms with E-state index >= 15 is 0 Å². The molecule has 2 aromatic carbocycles. The van der Waals surface area contributed by atoms with E-state index < -0.39 is 11.7 Å². The van der Waals surface area contributed by atoms with Gasteiger partial charge in [0.25, 0.3) is 0 Å². The van der Waals surface area contributed by atoms with Gasteiger partial charge in [-0.25, -0.2) is 4.98 Å². The SMILES string of the molecule is FC(F)(F)c1cnc(Nc2ccc(OC3CCCC3)cc2)nc1Nc1ccccc1C1CCCCC1. The number of ether oxygens (including phenoxy) is 1. The minimum absolute atomic E-state index is 0.0881. The number of rotatable bonds is 7. The molecule has 3 aromatic rings. The lowest BCUT2D eigenvalue weighted by Crippen LogP contribution is -2.14. The Morgan fingerprint density at radius 1 is 0.806 bits per heavy atom. The van der Waals surface area contributed by atoms with Crippen LogP contribution in [0.4, 0.5) is 36.3 Å². The Morgan fingerprint density at radius 3 is 2.22 bits per heavy atom. The Kier molecular flexibility index (Phi) is 7.30. The van der Waals surface area contributed by atoms with Crippen LogP contribution in [-0.2, 0) is 6.18 Å². The van der Waals surface area contributed by atoms with E-state index in [2.05, 4.69) is 20.6 Å². The van der Waals surface area contributed by atoms with Crippen LogP contribution in [0.2, 0.25) is 0 Å². The molecule has 0 amide bonds. The third kappa shape index (κ3) is 5.91. The van der Waals surface area contributed by atoms with E-state index in [1.54, 1.807) is 0 Å². The largest absolute Gasteiger partial charge is 0.490 e. The molecule has 2 fully saturated rings. The number of alkyl halides is 3. The molecule has 5 rings (SSSR count). The lowest BCUT2D eigenvalue weighted by molar-refractivity contribution is -0.137. The highest BCUT2D eigenvalue weighted by Gasteiger charge is 2.35. The van der Waals surface area contributed by atoms with Crippen molar-refractivity contribution in [2.75, 3.05) is 10.6 Å². The van der Waals surface area contributed by atoms with Crippen LogP contribution < -0.4 is 15.4 Å². The zero-order chi connectivity index (χ0) is 25.0. The Morgan fingerprint density at radius 2 is 1.50 bits per heavy atom. The molecule has 0 unspecified atom stereocenters. The summed E-state index contributed by atoms with van der Waals surface area (Å²) in [6.45, 7) is 0. The minimum Gasteiger partial charge on any atom is -0.490 e. The van der Waals surface area contributed by atoms with Gasteiger partial charge in [-0.15, -0.1) is 0 Å². The van der Waals surface area contributed by atoms with Crippen molar-refractivity contribution >= 4 is 23.1 Å². The molecular weight excluding hydrogens is 465 g/mol. The van der Waals surface area contributed by atoms with E-state index in [0.717, 1.165) is 56.0 Å². The van der Waals surface area contributed by atoms with Crippen LogP contribution in [0.25, 0.3) is 0 Å². The third-order valence-electron chi connectivity index (χ3n) is 7.07. The van der Waals surface area contributed by atoms with E-state index in [1.807, 2.05) is 48.5 Å². The molecule has 0 atom stereocenters. The van der Waals surface area contributed by atoms with Gasteiger partial charge < -0.3 is 15.4 Å². The van der Waals surface area contributed by atoms with E-state index in [9.17, 15) is 13.2 Å². The number of hydrogen-bond acceptors (Lipinski definition) is 5. The van der Waals surface area contributed by atoms with Crippen molar-refractivity contribution in [3.63, 3.8) is 0 Å². The standard InChI is InChI=1S/C28H31F3N4O/c29-28(30,31)24-18-32-27(33-20-14-16-22(17-15-20)36-21-10-4-5-11-21)35-26(24)34-25-13-7-6-12-23(25)19-8-2-1-3-9-19/h6-7,12-19,21H,1-5,8-11H2,(H2,32,33,34,35). The lowest BCUT2D eigenvalue weighted by Gasteiger charge is -2.25. The molecule has 5 nitrogen and oxygen atoms in total. The molecular formula is C28H31F3N4O. The van der Waals surface area contributed by atoms with Gasteiger partial charge in [-0.3, -0.25) is 0 Å². The maximum atomic E-state index is 13.8. The molecule has 2 aliphatic rings. The van der Waals surface area contributed by atoms with Crippen LogP contribution in [0.1, 0.15) is 74.8 Å². The maximum absolute atomic E-state index is 13.8. The topological polar surface area (TPSA) is 59.1 Å².